The Labute approximate surface area is 165 Å². The lowest BCUT2D eigenvalue weighted by Gasteiger charge is -2.24. The van der Waals surface area contributed by atoms with Crippen molar-refractivity contribution in [1.29, 1.82) is 0 Å². The van der Waals surface area contributed by atoms with Crippen LogP contribution in [0.1, 0.15) is 54.6 Å². The van der Waals surface area contributed by atoms with Crippen LogP contribution in [0.15, 0.2) is 42.5 Å². The normalized spacial score (nSPS) is 16.5. The molecule has 146 valence electrons. The molecule has 2 amide bonds. The van der Waals surface area contributed by atoms with E-state index in [0.29, 0.717) is 17.8 Å². The molecule has 1 heterocycles. The van der Waals surface area contributed by atoms with E-state index in [1.54, 1.807) is 29.2 Å². The van der Waals surface area contributed by atoms with Crippen molar-refractivity contribution < 1.29 is 14.4 Å². The number of benzene rings is 2. The van der Waals surface area contributed by atoms with Gasteiger partial charge in [-0.3, -0.25) is 14.4 Å². The van der Waals surface area contributed by atoms with E-state index < -0.39 is 5.92 Å². The lowest BCUT2D eigenvalue weighted by molar-refractivity contribution is -0.122. The zero-order chi connectivity index (χ0) is 20.4. The predicted octanol–water partition coefficient (Wildman–Crippen LogP) is 4.31. The molecule has 0 saturated carbocycles. The molecule has 1 atom stereocenters. The van der Waals surface area contributed by atoms with Crippen molar-refractivity contribution in [3.63, 3.8) is 0 Å². The Morgan fingerprint density at radius 2 is 1.79 bits per heavy atom. The molecule has 2 aromatic carbocycles. The number of rotatable bonds is 5. The lowest BCUT2D eigenvalue weighted by Crippen LogP contribution is -2.29. The maximum atomic E-state index is 12.7. The molecule has 0 radical (unpaired) electrons. The molecular formula is C23H26N2O3. The van der Waals surface area contributed by atoms with Gasteiger partial charge in [-0.1, -0.05) is 32.0 Å². The predicted molar refractivity (Wildman–Crippen MR) is 111 cm³/mol. The van der Waals surface area contributed by atoms with E-state index in [0.717, 1.165) is 16.8 Å². The number of nitrogens with one attached hydrogen (secondary N) is 1. The summed E-state index contributed by atoms with van der Waals surface area (Å²) in [5, 5.41) is 2.87. The van der Waals surface area contributed by atoms with Gasteiger partial charge in [0.2, 0.25) is 11.8 Å². The third kappa shape index (κ3) is 3.98. The van der Waals surface area contributed by atoms with E-state index in [1.807, 2.05) is 25.1 Å². The minimum Gasteiger partial charge on any atom is -0.326 e. The summed E-state index contributed by atoms with van der Waals surface area (Å²) >= 11 is 0. The molecule has 0 spiro atoms. The van der Waals surface area contributed by atoms with Gasteiger partial charge in [-0.05, 0) is 55.2 Å². The molecule has 5 nitrogen and oxygen atoms in total. The fourth-order valence-corrected chi connectivity index (χ4v) is 3.65. The molecule has 3 rings (SSSR count). The van der Waals surface area contributed by atoms with Gasteiger partial charge in [0.25, 0.3) is 0 Å². The van der Waals surface area contributed by atoms with Crippen LogP contribution < -0.4 is 10.2 Å². The zero-order valence-corrected chi connectivity index (χ0v) is 16.8. The molecule has 1 N–H and O–H groups in total. The van der Waals surface area contributed by atoms with Crippen LogP contribution in [0.5, 0.6) is 0 Å². The van der Waals surface area contributed by atoms with E-state index in [1.165, 1.54) is 6.92 Å². The second kappa shape index (κ2) is 7.97. The summed E-state index contributed by atoms with van der Waals surface area (Å²) in [7, 11) is 0. The summed E-state index contributed by atoms with van der Waals surface area (Å²) in [6.07, 6.45) is 0.198. The molecule has 2 aromatic rings. The van der Waals surface area contributed by atoms with Gasteiger partial charge in [-0.25, -0.2) is 0 Å². The van der Waals surface area contributed by atoms with Crippen molar-refractivity contribution in [2.24, 2.45) is 5.92 Å². The number of aryl methyl sites for hydroxylation is 1. The zero-order valence-electron chi connectivity index (χ0n) is 16.8. The number of nitrogens with zero attached hydrogens (tertiary/aromatic N) is 1. The maximum absolute atomic E-state index is 12.7. The SMILES string of the molecule is CC(=O)c1ccc(NC(=O)C2CC(=O)N(c3c(C)cccc3C(C)C)C2)cc1. The van der Waals surface area contributed by atoms with Gasteiger partial charge in [-0.2, -0.15) is 0 Å². The highest BCUT2D eigenvalue weighted by Gasteiger charge is 2.36. The minimum atomic E-state index is -0.403. The van der Waals surface area contributed by atoms with Gasteiger partial charge in [-0.15, -0.1) is 0 Å². The Kier molecular flexibility index (Phi) is 5.63. The molecule has 1 aliphatic heterocycles. The summed E-state index contributed by atoms with van der Waals surface area (Å²) < 4.78 is 0. The van der Waals surface area contributed by atoms with E-state index in [-0.39, 0.29) is 29.9 Å². The summed E-state index contributed by atoms with van der Waals surface area (Å²) in [5.41, 5.74) is 4.32. The summed E-state index contributed by atoms with van der Waals surface area (Å²) in [6, 6.07) is 12.8. The van der Waals surface area contributed by atoms with Crippen LogP contribution in [0.25, 0.3) is 0 Å². The smallest absolute Gasteiger partial charge is 0.229 e. The average Bonchev–Trinajstić information content (AvgIpc) is 3.03. The summed E-state index contributed by atoms with van der Waals surface area (Å²) in [5.74, 6) is -0.335. The second-order valence-corrected chi connectivity index (χ2v) is 7.70. The first kappa shape index (κ1) is 19.8. The molecule has 1 fully saturated rings. The standard InChI is InChI=1S/C23H26N2O3/c1-14(2)20-7-5-6-15(3)22(20)25-13-18(12-21(25)27)23(28)24-19-10-8-17(9-11-19)16(4)26/h5-11,14,18H,12-13H2,1-4H3,(H,24,28). The van der Waals surface area contributed by atoms with Crippen LogP contribution in [0.4, 0.5) is 11.4 Å². The molecule has 0 aromatic heterocycles. The molecule has 5 heteroatoms. The Balaban J connectivity index is 1.76. The highest BCUT2D eigenvalue weighted by Crippen LogP contribution is 2.35. The van der Waals surface area contributed by atoms with Gasteiger partial charge in [0.1, 0.15) is 0 Å². The number of hydrogen-bond acceptors (Lipinski definition) is 3. The molecule has 1 aliphatic rings. The van der Waals surface area contributed by atoms with Crippen LogP contribution in [-0.4, -0.2) is 24.1 Å². The van der Waals surface area contributed by atoms with Gasteiger partial charge in [0.15, 0.2) is 5.78 Å². The largest absolute Gasteiger partial charge is 0.326 e. The highest BCUT2D eigenvalue weighted by atomic mass is 16.2. The van der Waals surface area contributed by atoms with Crippen molar-refractivity contribution in [2.75, 3.05) is 16.8 Å². The minimum absolute atomic E-state index is 0.0194. The van der Waals surface area contributed by atoms with E-state index in [2.05, 4.69) is 19.2 Å². The second-order valence-electron chi connectivity index (χ2n) is 7.70. The first-order valence-electron chi connectivity index (χ1n) is 9.59. The number of hydrogen-bond donors (Lipinski definition) is 1. The van der Waals surface area contributed by atoms with Crippen LogP contribution >= 0.6 is 0 Å². The van der Waals surface area contributed by atoms with Crippen molar-refractivity contribution in [2.45, 2.75) is 40.0 Å². The lowest BCUT2D eigenvalue weighted by atomic mass is 9.97. The Morgan fingerprint density at radius 3 is 2.39 bits per heavy atom. The summed E-state index contributed by atoms with van der Waals surface area (Å²) in [6.45, 7) is 8.09. The molecule has 0 bridgehead atoms. The molecule has 28 heavy (non-hydrogen) atoms. The highest BCUT2D eigenvalue weighted by molar-refractivity contribution is 6.04. The van der Waals surface area contributed by atoms with Gasteiger partial charge >= 0.3 is 0 Å². The quantitative estimate of drug-likeness (QED) is 0.788. The molecule has 1 saturated heterocycles. The number of amides is 2. The number of para-hydroxylation sites is 1. The molecular weight excluding hydrogens is 352 g/mol. The van der Waals surface area contributed by atoms with E-state index >= 15 is 0 Å². The van der Waals surface area contributed by atoms with Crippen molar-refractivity contribution >= 4 is 29.0 Å². The topological polar surface area (TPSA) is 66.5 Å². The van der Waals surface area contributed by atoms with E-state index in [9.17, 15) is 14.4 Å². The Morgan fingerprint density at radius 1 is 1.11 bits per heavy atom. The van der Waals surface area contributed by atoms with Gasteiger partial charge < -0.3 is 10.2 Å². The Hall–Kier alpha value is -2.95. The number of ketones is 1. The van der Waals surface area contributed by atoms with Crippen molar-refractivity contribution in [1.82, 2.24) is 0 Å². The Bertz CT molecular complexity index is 916. The maximum Gasteiger partial charge on any atom is 0.229 e. The molecule has 1 unspecified atom stereocenters. The van der Waals surface area contributed by atoms with Crippen LogP contribution in [0.2, 0.25) is 0 Å². The third-order valence-electron chi connectivity index (χ3n) is 5.22. The van der Waals surface area contributed by atoms with Crippen molar-refractivity contribution in [3.05, 3.63) is 59.2 Å². The van der Waals surface area contributed by atoms with E-state index in [4.69, 9.17) is 0 Å². The molecule has 0 aliphatic carbocycles. The number of Topliss-reactive ketones (excluding diaryl/α,β-unsaturated/α-hetero) is 1. The summed E-state index contributed by atoms with van der Waals surface area (Å²) in [4.78, 5) is 38.5. The van der Waals surface area contributed by atoms with Gasteiger partial charge in [0.05, 0.1) is 5.92 Å². The first-order valence-corrected chi connectivity index (χ1v) is 9.59. The van der Waals surface area contributed by atoms with Crippen molar-refractivity contribution in [3.8, 4) is 0 Å². The van der Waals surface area contributed by atoms with Crippen LogP contribution in [0, 0.1) is 12.8 Å². The first-order chi connectivity index (χ1) is 13.3. The number of anilines is 2. The van der Waals surface area contributed by atoms with Crippen LogP contribution in [-0.2, 0) is 9.59 Å². The monoisotopic (exact) mass is 378 g/mol. The fraction of sp³-hybridized carbons (Fsp3) is 0.348. The van der Waals surface area contributed by atoms with Gasteiger partial charge in [0, 0.05) is 29.9 Å². The third-order valence-corrected chi connectivity index (χ3v) is 5.22. The average molecular weight is 378 g/mol. The van der Waals surface area contributed by atoms with Crippen LogP contribution in [0.3, 0.4) is 0 Å². The number of carbonyl (C=O) groups is 3. The fourth-order valence-electron chi connectivity index (χ4n) is 3.65. The number of carbonyl (C=O) groups excluding carboxylic acids is 3.